The predicted octanol–water partition coefficient (Wildman–Crippen LogP) is 0.726. The fraction of sp³-hybridized carbons (Fsp3) is 0.476. The predicted molar refractivity (Wildman–Crippen MR) is 108 cm³/mol. The molecule has 2 aliphatic rings. The lowest BCUT2D eigenvalue weighted by Gasteiger charge is -2.53. The number of carbonyl (C=O) groups excluding carboxylic acids is 1. The number of aryl methyl sites for hydroxylation is 1. The molecule has 1 amide bonds. The highest BCUT2D eigenvalue weighted by atomic mass is 19.1. The second-order valence-electron chi connectivity index (χ2n) is 8.04. The maximum absolute atomic E-state index is 14.2. The van der Waals surface area contributed by atoms with Gasteiger partial charge in [-0.05, 0) is 19.4 Å². The van der Waals surface area contributed by atoms with Crippen LogP contribution in [0.15, 0.2) is 34.0 Å². The summed E-state index contributed by atoms with van der Waals surface area (Å²) in [7, 11) is 1.51. The third-order valence-corrected chi connectivity index (χ3v) is 6.11. The van der Waals surface area contributed by atoms with E-state index in [1.165, 1.54) is 23.9 Å². The number of nitrogens with one attached hydrogen (secondary N) is 1. The number of rotatable bonds is 5. The molecule has 0 radical (unpaired) electrons. The van der Waals surface area contributed by atoms with Crippen molar-refractivity contribution in [2.75, 3.05) is 26.7 Å². The van der Waals surface area contributed by atoms with Crippen LogP contribution in [0.25, 0.3) is 0 Å². The van der Waals surface area contributed by atoms with Crippen molar-refractivity contribution in [3.05, 3.63) is 62.2 Å². The first-order chi connectivity index (χ1) is 14.4. The minimum atomic E-state index is -0.579. The standard InChI is InChI=1S/C21H25FN4O4/c1-13-8-26(21(29)23-20(13)28)12-19(27)24-6-5-18-15(10-24)11-25(18)9-14-3-4-16(30-2)7-17(14)22/h3-4,7-8,15,18H,5-6,9-12H2,1-2H3,(H,23,28,29)/t15-,18-/m0/s1. The van der Waals surface area contributed by atoms with Gasteiger partial charge in [0.05, 0.1) is 7.11 Å². The summed E-state index contributed by atoms with van der Waals surface area (Å²) in [5, 5.41) is 0. The molecule has 9 heteroatoms. The third kappa shape index (κ3) is 3.89. The number of likely N-dealkylation sites (tertiary alicyclic amines) is 2. The van der Waals surface area contributed by atoms with Crippen molar-refractivity contribution in [3.63, 3.8) is 0 Å². The van der Waals surface area contributed by atoms with Gasteiger partial charge in [-0.3, -0.25) is 24.0 Å². The van der Waals surface area contributed by atoms with E-state index in [0.717, 1.165) is 13.0 Å². The summed E-state index contributed by atoms with van der Waals surface area (Å²) in [5.74, 6) is 0.438. The topological polar surface area (TPSA) is 87.6 Å². The highest BCUT2D eigenvalue weighted by Gasteiger charge is 2.43. The summed E-state index contributed by atoms with van der Waals surface area (Å²) in [4.78, 5) is 42.3. The molecule has 1 aromatic carbocycles. The van der Waals surface area contributed by atoms with Crippen molar-refractivity contribution in [1.82, 2.24) is 19.4 Å². The van der Waals surface area contributed by atoms with E-state index in [0.29, 0.717) is 48.5 Å². The number of amides is 1. The number of carbonyl (C=O) groups is 1. The number of halogens is 1. The van der Waals surface area contributed by atoms with Crippen LogP contribution in [0.2, 0.25) is 0 Å². The van der Waals surface area contributed by atoms with Crippen molar-refractivity contribution < 1.29 is 13.9 Å². The zero-order chi connectivity index (χ0) is 21.4. The second-order valence-corrected chi connectivity index (χ2v) is 8.04. The molecule has 0 unspecified atom stereocenters. The lowest BCUT2D eigenvalue weighted by Crippen LogP contribution is -2.63. The van der Waals surface area contributed by atoms with Crippen molar-refractivity contribution >= 4 is 5.91 Å². The molecule has 2 aromatic rings. The molecule has 1 N–H and O–H groups in total. The fourth-order valence-electron chi connectivity index (χ4n) is 4.37. The molecule has 2 fully saturated rings. The van der Waals surface area contributed by atoms with Gasteiger partial charge in [0.2, 0.25) is 5.91 Å². The number of aromatic amines is 1. The van der Waals surface area contributed by atoms with Crippen LogP contribution in [0.5, 0.6) is 5.75 Å². The van der Waals surface area contributed by atoms with E-state index >= 15 is 0 Å². The molecule has 1 aromatic heterocycles. The van der Waals surface area contributed by atoms with Crippen molar-refractivity contribution in [1.29, 1.82) is 0 Å². The Kier molecular flexibility index (Phi) is 5.46. The number of ether oxygens (including phenoxy) is 1. The molecule has 160 valence electrons. The SMILES string of the molecule is COc1ccc(CN2C[C@@H]3CN(C(=O)Cn4cc(C)c(=O)[nH]c4=O)CC[C@@H]32)c(F)c1. The molecule has 2 aliphatic heterocycles. The van der Waals surface area contributed by atoms with Crippen LogP contribution in [-0.2, 0) is 17.9 Å². The number of hydrogen-bond donors (Lipinski definition) is 1. The van der Waals surface area contributed by atoms with E-state index in [2.05, 4.69) is 9.88 Å². The molecule has 0 bridgehead atoms. The Hall–Kier alpha value is -2.94. The first-order valence-electron chi connectivity index (χ1n) is 10.0. The molecular weight excluding hydrogens is 391 g/mol. The van der Waals surface area contributed by atoms with Crippen LogP contribution in [0.4, 0.5) is 4.39 Å². The highest BCUT2D eigenvalue weighted by molar-refractivity contribution is 5.76. The second kappa shape index (κ2) is 8.06. The molecule has 2 saturated heterocycles. The zero-order valence-corrected chi connectivity index (χ0v) is 17.1. The number of nitrogens with zero attached hydrogens (tertiary/aromatic N) is 3. The van der Waals surface area contributed by atoms with Gasteiger partial charge in [-0.1, -0.05) is 6.07 Å². The first-order valence-corrected chi connectivity index (χ1v) is 10.0. The highest BCUT2D eigenvalue weighted by Crippen LogP contribution is 2.34. The third-order valence-electron chi connectivity index (χ3n) is 6.11. The van der Waals surface area contributed by atoms with Crippen LogP contribution in [0, 0.1) is 18.7 Å². The smallest absolute Gasteiger partial charge is 0.328 e. The Balaban J connectivity index is 1.34. The van der Waals surface area contributed by atoms with Crippen molar-refractivity contribution in [2.45, 2.75) is 32.5 Å². The summed E-state index contributed by atoms with van der Waals surface area (Å²) in [6.45, 7) is 4.07. The van der Waals surface area contributed by atoms with Crippen molar-refractivity contribution in [2.24, 2.45) is 5.92 Å². The fourth-order valence-corrected chi connectivity index (χ4v) is 4.37. The molecule has 3 heterocycles. The van der Waals surface area contributed by atoms with Crippen LogP contribution in [-0.4, -0.2) is 58.0 Å². The summed E-state index contributed by atoms with van der Waals surface area (Å²) in [6, 6.07) is 5.24. The Bertz CT molecular complexity index is 1080. The molecule has 4 rings (SSSR count). The summed E-state index contributed by atoms with van der Waals surface area (Å²) in [5.41, 5.74) is 0.0135. The maximum Gasteiger partial charge on any atom is 0.328 e. The quantitative estimate of drug-likeness (QED) is 0.776. The van der Waals surface area contributed by atoms with Crippen LogP contribution in [0.3, 0.4) is 0 Å². The summed E-state index contributed by atoms with van der Waals surface area (Å²) >= 11 is 0. The Morgan fingerprint density at radius 2 is 2.10 bits per heavy atom. The summed E-state index contributed by atoms with van der Waals surface area (Å²) in [6.07, 6.45) is 2.23. The Morgan fingerprint density at radius 3 is 2.80 bits per heavy atom. The maximum atomic E-state index is 14.2. The largest absolute Gasteiger partial charge is 0.497 e. The molecule has 2 atom stereocenters. The Labute approximate surface area is 172 Å². The van der Waals surface area contributed by atoms with Gasteiger partial charge in [0, 0.05) is 61.5 Å². The molecule has 0 saturated carbocycles. The molecular formula is C21H25FN4O4. The average molecular weight is 416 g/mol. The molecule has 30 heavy (non-hydrogen) atoms. The normalized spacial score (nSPS) is 21.1. The van der Waals surface area contributed by atoms with E-state index in [-0.39, 0.29) is 18.3 Å². The molecule has 8 nitrogen and oxygen atoms in total. The number of fused-ring (bicyclic) bond motifs is 1. The number of benzene rings is 1. The van der Waals surface area contributed by atoms with Gasteiger partial charge in [-0.2, -0.15) is 0 Å². The number of piperidine rings is 1. The lowest BCUT2D eigenvalue weighted by atomic mass is 9.82. The van der Waals surface area contributed by atoms with Gasteiger partial charge in [-0.25, -0.2) is 9.18 Å². The zero-order valence-electron chi connectivity index (χ0n) is 17.1. The summed E-state index contributed by atoms with van der Waals surface area (Å²) < 4.78 is 20.5. The van der Waals surface area contributed by atoms with E-state index in [4.69, 9.17) is 4.74 Å². The molecule has 0 spiro atoms. The first kappa shape index (κ1) is 20.3. The molecule has 0 aliphatic carbocycles. The van der Waals surface area contributed by atoms with Gasteiger partial charge >= 0.3 is 5.69 Å². The van der Waals surface area contributed by atoms with E-state index in [9.17, 15) is 18.8 Å². The van der Waals surface area contributed by atoms with Gasteiger partial charge in [0.1, 0.15) is 18.1 Å². The Morgan fingerprint density at radius 1 is 1.30 bits per heavy atom. The number of aromatic nitrogens is 2. The minimum Gasteiger partial charge on any atom is -0.497 e. The number of methoxy groups -OCH3 is 1. The van der Waals surface area contributed by atoms with Gasteiger partial charge in [0.15, 0.2) is 0 Å². The van der Waals surface area contributed by atoms with Gasteiger partial charge in [0.25, 0.3) is 5.56 Å². The van der Waals surface area contributed by atoms with Crippen LogP contribution >= 0.6 is 0 Å². The minimum absolute atomic E-state index is 0.0887. The van der Waals surface area contributed by atoms with E-state index < -0.39 is 11.2 Å². The number of H-pyrrole nitrogens is 1. The van der Waals surface area contributed by atoms with E-state index in [1.54, 1.807) is 24.0 Å². The van der Waals surface area contributed by atoms with Crippen molar-refractivity contribution in [3.8, 4) is 5.75 Å². The average Bonchev–Trinajstić information content (AvgIpc) is 2.70. The van der Waals surface area contributed by atoms with Crippen LogP contribution < -0.4 is 16.0 Å². The van der Waals surface area contributed by atoms with E-state index in [1.807, 2.05) is 0 Å². The number of hydrogen-bond acceptors (Lipinski definition) is 5. The van der Waals surface area contributed by atoms with Gasteiger partial charge in [-0.15, -0.1) is 0 Å². The lowest BCUT2D eigenvalue weighted by molar-refractivity contribution is -0.139. The van der Waals surface area contributed by atoms with Crippen LogP contribution in [0.1, 0.15) is 17.5 Å². The van der Waals surface area contributed by atoms with Gasteiger partial charge < -0.3 is 9.64 Å². The monoisotopic (exact) mass is 416 g/mol.